The molecule has 40 heavy (non-hydrogen) atoms. The van der Waals surface area contributed by atoms with E-state index in [9.17, 15) is 24.0 Å². The Morgan fingerprint density at radius 3 is 2.50 bits per heavy atom. The fraction of sp³-hybridized carbons (Fsp3) is 0.367. The second kappa shape index (κ2) is 12.1. The number of hydrogen-bond acceptors (Lipinski definition) is 5. The molecule has 0 aliphatic carbocycles. The van der Waals surface area contributed by atoms with Gasteiger partial charge >= 0.3 is 0 Å². The van der Waals surface area contributed by atoms with Crippen LogP contribution in [0.15, 0.2) is 60.7 Å². The van der Waals surface area contributed by atoms with Gasteiger partial charge in [0.05, 0.1) is 6.04 Å². The van der Waals surface area contributed by atoms with E-state index in [1.54, 1.807) is 6.07 Å². The number of aromatic amines is 1. The molecule has 2 aliphatic rings. The second-order valence-electron chi connectivity index (χ2n) is 10.4. The quantitative estimate of drug-likeness (QED) is 0.306. The Bertz CT molecular complexity index is 1390. The minimum absolute atomic E-state index is 0.0118. The Hall–Kier alpha value is -4.47. The summed E-state index contributed by atoms with van der Waals surface area (Å²) >= 11 is 0. The fourth-order valence-corrected chi connectivity index (χ4v) is 5.47. The van der Waals surface area contributed by atoms with E-state index in [0.717, 1.165) is 29.3 Å². The summed E-state index contributed by atoms with van der Waals surface area (Å²) in [6.07, 6.45) is 2.46. The summed E-state index contributed by atoms with van der Waals surface area (Å²) in [4.78, 5) is 70.1. The molecule has 1 aromatic heterocycles. The molecule has 3 aromatic rings. The van der Waals surface area contributed by atoms with Crippen molar-refractivity contribution in [2.24, 2.45) is 5.92 Å². The third-order valence-electron chi connectivity index (χ3n) is 7.66. The smallest absolute Gasteiger partial charge is 0.289 e. The van der Waals surface area contributed by atoms with E-state index >= 15 is 0 Å². The molecule has 3 atom stereocenters. The first kappa shape index (κ1) is 27.1. The van der Waals surface area contributed by atoms with Gasteiger partial charge in [-0.05, 0) is 49.8 Å². The number of nitrogens with one attached hydrogen (secondary N) is 4. The first-order valence-electron chi connectivity index (χ1n) is 13.7. The van der Waals surface area contributed by atoms with E-state index in [1.807, 2.05) is 54.6 Å². The molecule has 2 aliphatic heterocycles. The number of Topliss-reactive ketones (excluding diaryl/α,β-unsaturated/α-hetero) is 1. The maximum absolute atomic E-state index is 13.6. The number of carbonyl (C=O) groups is 5. The van der Waals surface area contributed by atoms with Crippen molar-refractivity contribution >= 4 is 40.3 Å². The van der Waals surface area contributed by atoms with Crippen molar-refractivity contribution in [3.8, 4) is 0 Å². The molecule has 208 valence electrons. The number of aromatic nitrogens is 1. The van der Waals surface area contributed by atoms with Crippen LogP contribution in [0.3, 0.4) is 0 Å². The van der Waals surface area contributed by atoms with Crippen LogP contribution in [0, 0.1) is 5.92 Å². The molecular formula is C30H33N5O5. The molecule has 4 amide bonds. The van der Waals surface area contributed by atoms with E-state index in [4.69, 9.17) is 0 Å². The van der Waals surface area contributed by atoms with Crippen LogP contribution in [0.5, 0.6) is 0 Å². The Morgan fingerprint density at radius 1 is 0.975 bits per heavy atom. The Morgan fingerprint density at radius 2 is 1.75 bits per heavy atom. The molecule has 0 spiro atoms. The number of para-hydroxylation sites is 1. The van der Waals surface area contributed by atoms with Gasteiger partial charge < -0.3 is 25.8 Å². The topological polar surface area (TPSA) is 140 Å². The monoisotopic (exact) mass is 543 g/mol. The Labute approximate surface area is 231 Å². The predicted octanol–water partition coefficient (Wildman–Crippen LogP) is 2.06. The molecule has 0 saturated carbocycles. The zero-order valence-electron chi connectivity index (χ0n) is 22.2. The summed E-state index contributed by atoms with van der Waals surface area (Å²) < 4.78 is 0. The van der Waals surface area contributed by atoms with Gasteiger partial charge in [0.25, 0.3) is 11.8 Å². The molecule has 4 N–H and O–H groups in total. The minimum Gasteiger partial charge on any atom is -0.356 e. The predicted molar refractivity (Wildman–Crippen MR) is 148 cm³/mol. The number of fused-ring (bicyclic) bond motifs is 1. The van der Waals surface area contributed by atoms with Gasteiger partial charge in [-0.25, -0.2) is 0 Å². The molecule has 0 bridgehead atoms. The van der Waals surface area contributed by atoms with Gasteiger partial charge in [0, 0.05) is 36.5 Å². The van der Waals surface area contributed by atoms with Crippen molar-refractivity contribution in [2.75, 3.05) is 13.1 Å². The van der Waals surface area contributed by atoms with E-state index in [1.165, 1.54) is 4.90 Å². The Kier molecular flexibility index (Phi) is 8.23. The first-order chi connectivity index (χ1) is 19.4. The normalized spacial score (nSPS) is 19.6. The van der Waals surface area contributed by atoms with Crippen LogP contribution in [0.4, 0.5) is 0 Å². The lowest BCUT2D eigenvalue weighted by Crippen LogP contribution is -2.56. The highest BCUT2D eigenvalue weighted by atomic mass is 16.2. The van der Waals surface area contributed by atoms with Crippen molar-refractivity contribution in [2.45, 2.75) is 50.7 Å². The number of rotatable bonds is 9. The van der Waals surface area contributed by atoms with Crippen LogP contribution in [0.25, 0.3) is 10.9 Å². The van der Waals surface area contributed by atoms with Crippen LogP contribution >= 0.6 is 0 Å². The molecule has 0 radical (unpaired) electrons. The number of piperidine rings is 1. The van der Waals surface area contributed by atoms with Crippen molar-refractivity contribution < 1.29 is 24.0 Å². The molecule has 2 aromatic carbocycles. The van der Waals surface area contributed by atoms with Gasteiger partial charge in [0.1, 0.15) is 11.7 Å². The lowest BCUT2D eigenvalue weighted by molar-refractivity contribution is -0.141. The van der Waals surface area contributed by atoms with Gasteiger partial charge in [-0.15, -0.1) is 0 Å². The van der Waals surface area contributed by atoms with E-state index < -0.39 is 35.6 Å². The molecule has 10 nitrogen and oxygen atoms in total. The molecule has 1 unspecified atom stereocenters. The van der Waals surface area contributed by atoms with Crippen molar-refractivity contribution in [3.05, 3.63) is 71.9 Å². The van der Waals surface area contributed by atoms with Gasteiger partial charge in [0.15, 0.2) is 0 Å². The van der Waals surface area contributed by atoms with Crippen molar-refractivity contribution in [1.29, 1.82) is 0 Å². The van der Waals surface area contributed by atoms with Gasteiger partial charge in [0.2, 0.25) is 17.6 Å². The molecular weight excluding hydrogens is 510 g/mol. The van der Waals surface area contributed by atoms with Crippen molar-refractivity contribution in [3.63, 3.8) is 0 Å². The number of amides is 4. The standard InChI is InChI=1S/C30H33N5O5/c36-26(29(39)32-18-19-8-2-1-3-9-19)23(17-21-13-14-31-27(21)37)34-28(38)25-12-6-7-15-35(25)30(40)24-16-20-10-4-5-11-22(20)33-24/h1-5,8-11,16,21,23,25,33H,6-7,12-15,17-18H2,(H,31,37)(H,32,39)(H,34,38)/t21-,23?,25-/m0/s1. The maximum Gasteiger partial charge on any atom is 0.289 e. The van der Waals surface area contributed by atoms with Gasteiger partial charge in [-0.1, -0.05) is 48.5 Å². The van der Waals surface area contributed by atoms with Crippen LogP contribution in [-0.4, -0.2) is 64.5 Å². The number of likely N-dealkylation sites (tertiary alicyclic amines) is 1. The Balaban J connectivity index is 1.31. The summed E-state index contributed by atoms with van der Waals surface area (Å²) in [5.74, 6) is -3.14. The maximum atomic E-state index is 13.6. The van der Waals surface area contributed by atoms with Crippen LogP contribution < -0.4 is 16.0 Å². The van der Waals surface area contributed by atoms with Crippen LogP contribution in [0.2, 0.25) is 0 Å². The summed E-state index contributed by atoms with van der Waals surface area (Å²) in [6, 6.07) is 16.5. The van der Waals surface area contributed by atoms with E-state index in [2.05, 4.69) is 20.9 Å². The second-order valence-corrected chi connectivity index (χ2v) is 10.4. The summed E-state index contributed by atoms with van der Waals surface area (Å²) in [5, 5.41) is 8.99. The third-order valence-corrected chi connectivity index (χ3v) is 7.66. The number of ketones is 1. The molecule has 2 saturated heterocycles. The van der Waals surface area contributed by atoms with Crippen LogP contribution in [0.1, 0.15) is 48.2 Å². The zero-order valence-corrected chi connectivity index (χ0v) is 22.2. The number of nitrogens with zero attached hydrogens (tertiary/aromatic N) is 1. The number of H-pyrrole nitrogens is 1. The highest BCUT2D eigenvalue weighted by molar-refractivity contribution is 6.38. The zero-order chi connectivity index (χ0) is 28.1. The number of benzene rings is 2. The molecule has 2 fully saturated rings. The van der Waals surface area contributed by atoms with Crippen LogP contribution in [-0.2, 0) is 25.7 Å². The average molecular weight is 544 g/mol. The summed E-state index contributed by atoms with van der Waals surface area (Å²) in [7, 11) is 0. The first-order valence-corrected chi connectivity index (χ1v) is 13.7. The van der Waals surface area contributed by atoms with Gasteiger partial charge in [-0.2, -0.15) is 0 Å². The lowest BCUT2D eigenvalue weighted by Gasteiger charge is -2.35. The average Bonchev–Trinajstić information content (AvgIpc) is 3.61. The largest absolute Gasteiger partial charge is 0.356 e. The highest BCUT2D eigenvalue weighted by Crippen LogP contribution is 2.23. The van der Waals surface area contributed by atoms with E-state index in [-0.39, 0.29) is 24.8 Å². The van der Waals surface area contributed by atoms with Crippen molar-refractivity contribution in [1.82, 2.24) is 25.8 Å². The SMILES string of the molecule is O=C(NCc1ccccc1)C(=O)C(C[C@@H]1CCNC1=O)NC(=O)[C@@H]1CCCCN1C(=O)c1cc2ccccc2[nH]1. The number of carbonyl (C=O) groups excluding carboxylic acids is 5. The molecule has 10 heteroatoms. The van der Waals surface area contributed by atoms with Gasteiger partial charge in [-0.3, -0.25) is 24.0 Å². The minimum atomic E-state index is -1.19. The lowest BCUT2D eigenvalue weighted by atomic mass is 9.94. The molecule has 5 rings (SSSR count). The fourth-order valence-electron chi connectivity index (χ4n) is 5.47. The number of hydrogen-bond donors (Lipinski definition) is 4. The summed E-state index contributed by atoms with van der Waals surface area (Å²) in [5.41, 5.74) is 2.04. The summed E-state index contributed by atoms with van der Waals surface area (Å²) in [6.45, 7) is 1.03. The van der Waals surface area contributed by atoms with E-state index in [0.29, 0.717) is 31.6 Å². The third kappa shape index (κ3) is 6.06. The molecule has 3 heterocycles. The highest BCUT2D eigenvalue weighted by Gasteiger charge is 2.38.